The molecule has 19 heavy (non-hydrogen) atoms. The first kappa shape index (κ1) is 15.1. The molecule has 0 saturated carbocycles. The average molecular weight is 286 g/mol. The quantitative estimate of drug-likeness (QED) is 0.689. The third-order valence-corrected chi connectivity index (χ3v) is 3.51. The van der Waals surface area contributed by atoms with Gasteiger partial charge in [-0.1, -0.05) is 6.07 Å². The number of carbonyl (C=O) groups excluding carboxylic acids is 2. The van der Waals surface area contributed by atoms with E-state index in [0.29, 0.717) is 11.3 Å². The molecule has 1 aromatic rings. The minimum absolute atomic E-state index is 0.0732. The SMILES string of the molecule is CC(=O)Nc1ccc(C(C(N)=O)S(=O)(=O)O)c(C)c1. The number of primary amides is 1. The van der Waals surface area contributed by atoms with Crippen molar-refractivity contribution in [3.05, 3.63) is 29.3 Å². The molecule has 2 amide bonds. The molecule has 4 N–H and O–H groups in total. The van der Waals surface area contributed by atoms with Gasteiger partial charge in [-0.05, 0) is 30.2 Å². The van der Waals surface area contributed by atoms with E-state index in [4.69, 9.17) is 10.3 Å². The Kier molecular flexibility index (Phi) is 4.28. The van der Waals surface area contributed by atoms with Gasteiger partial charge in [0.15, 0.2) is 5.25 Å². The number of nitrogens with one attached hydrogen (secondary N) is 1. The van der Waals surface area contributed by atoms with Gasteiger partial charge in [-0.2, -0.15) is 8.42 Å². The highest BCUT2D eigenvalue weighted by Crippen LogP contribution is 2.26. The molecule has 0 fully saturated rings. The van der Waals surface area contributed by atoms with E-state index >= 15 is 0 Å². The minimum atomic E-state index is -4.64. The molecule has 0 aliphatic rings. The maximum Gasteiger partial charge on any atom is 0.281 e. The zero-order valence-corrected chi connectivity index (χ0v) is 11.2. The first-order chi connectivity index (χ1) is 8.62. The summed E-state index contributed by atoms with van der Waals surface area (Å²) in [7, 11) is -4.64. The van der Waals surface area contributed by atoms with Crippen molar-refractivity contribution in [2.45, 2.75) is 19.1 Å². The summed E-state index contributed by atoms with van der Waals surface area (Å²) in [5, 5.41) is 0.692. The average Bonchev–Trinajstić information content (AvgIpc) is 2.18. The van der Waals surface area contributed by atoms with Crippen molar-refractivity contribution in [2.75, 3.05) is 5.32 Å². The van der Waals surface area contributed by atoms with E-state index in [2.05, 4.69) is 5.32 Å². The molecular formula is C11H14N2O5S. The molecule has 1 unspecified atom stereocenters. The molecule has 0 saturated heterocycles. The van der Waals surface area contributed by atoms with Crippen molar-refractivity contribution in [3.63, 3.8) is 0 Å². The molecule has 8 heteroatoms. The van der Waals surface area contributed by atoms with E-state index < -0.39 is 21.3 Å². The molecule has 0 bridgehead atoms. The standard InChI is InChI=1S/C11H14N2O5S/c1-6-5-8(13-7(2)14)3-4-9(6)10(11(12)15)19(16,17)18/h3-5,10H,1-2H3,(H2,12,15)(H,13,14)(H,16,17,18). The Bertz CT molecular complexity index is 624. The van der Waals surface area contributed by atoms with E-state index in [1.165, 1.54) is 25.1 Å². The Morgan fingerprint density at radius 2 is 1.95 bits per heavy atom. The summed E-state index contributed by atoms with van der Waals surface area (Å²) in [6, 6.07) is 4.23. The fourth-order valence-corrected chi connectivity index (χ4v) is 2.59. The number of hydrogen-bond donors (Lipinski definition) is 3. The van der Waals surface area contributed by atoms with E-state index in [-0.39, 0.29) is 11.5 Å². The summed E-state index contributed by atoms with van der Waals surface area (Å²) < 4.78 is 31.4. The fraction of sp³-hybridized carbons (Fsp3) is 0.273. The van der Waals surface area contributed by atoms with Gasteiger partial charge >= 0.3 is 0 Å². The highest BCUT2D eigenvalue weighted by molar-refractivity contribution is 7.86. The lowest BCUT2D eigenvalue weighted by Crippen LogP contribution is -2.28. The van der Waals surface area contributed by atoms with Gasteiger partial charge in [0, 0.05) is 12.6 Å². The van der Waals surface area contributed by atoms with Crippen LogP contribution in [0.3, 0.4) is 0 Å². The van der Waals surface area contributed by atoms with Gasteiger partial charge in [0.25, 0.3) is 10.1 Å². The van der Waals surface area contributed by atoms with Crippen LogP contribution >= 0.6 is 0 Å². The van der Waals surface area contributed by atoms with Crippen molar-refractivity contribution in [3.8, 4) is 0 Å². The first-order valence-electron chi connectivity index (χ1n) is 5.26. The Morgan fingerprint density at radius 1 is 1.37 bits per heavy atom. The monoisotopic (exact) mass is 286 g/mol. The maximum atomic E-state index is 11.2. The summed E-state index contributed by atoms with van der Waals surface area (Å²) in [5.74, 6) is -1.45. The fourth-order valence-electron chi connectivity index (χ4n) is 1.71. The molecular weight excluding hydrogens is 272 g/mol. The maximum absolute atomic E-state index is 11.2. The van der Waals surface area contributed by atoms with Crippen molar-refractivity contribution >= 4 is 27.6 Å². The van der Waals surface area contributed by atoms with Crippen LogP contribution in [-0.2, 0) is 19.7 Å². The van der Waals surface area contributed by atoms with Gasteiger partial charge in [0.05, 0.1) is 0 Å². The van der Waals surface area contributed by atoms with E-state index in [1.807, 2.05) is 0 Å². The Morgan fingerprint density at radius 3 is 2.32 bits per heavy atom. The van der Waals surface area contributed by atoms with Gasteiger partial charge in [-0.15, -0.1) is 0 Å². The van der Waals surface area contributed by atoms with Crippen LogP contribution in [0.5, 0.6) is 0 Å². The van der Waals surface area contributed by atoms with Crippen molar-refractivity contribution in [1.82, 2.24) is 0 Å². The predicted octanol–water partition coefficient (Wildman–Crippen LogP) is 0.368. The van der Waals surface area contributed by atoms with Crippen LogP contribution in [-0.4, -0.2) is 24.8 Å². The lowest BCUT2D eigenvalue weighted by Gasteiger charge is -2.14. The van der Waals surface area contributed by atoms with Crippen LogP contribution in [0.4, 0.5) is 5.69 Å². The van der Waals surface area contributed by atoms with E-state index in [1.54, 1.807) is 6.92 Å². The van der Waals surface area contributed by atoms with E-state index in [0.717, 1.165) is 0 Å². The third kappa shape index (κ3) is 3.76. The number of carbonyl (C=O) groups is 2. The second-order valence-electron chi connectivity index (χ2n) is 4.05. The van der Waals surface area contributed by atoms with Crippen LogP contribution in [0, 0.1) is 6.92 Å². The smallest absolute Gasteiger partial charge is 0.281 e. The summed E-state index contributed by atoms with van der Waals surface area (Å²) in [4.78, 5) is 22.1. The molecule has 0 aliphatic carbocycles. The zero-order chi connectivity index (χ0) is 14.8. The van der Waals surface area contributed by atoms with E-state index in [9.17, 15) is 18.0 Å². The number of anilines is 1. The van der Waals surface area contributed by atoms with Gasteiger partial charge < -0.3 is 11.1 Å². The van der Waals surface area contributed by atoms with Crippen molar-refractivity contribution in [2.24, 2.45) is 5.73 Å². The van der Waals surface area contributed by atoms with Crippen molar-refractivity contribution in [1.29, 1.82) is 0 Å². The number of benzene rings is 1. The summed E-state index contributed by atoms with van der Waals surface area (Å²) in [5.41, 5.74) is 5.93. The van der Waals surface area contributed by atoms with Gasteiger partial charge in [0.2, 0.25) is 11.8 Å². The molecule has 1 rings (SSSR count). The Balaban J connectivity index is 3.28. The topological polar surface area (TPSA) is 127 Å². The molecule has 0 radical (unpaired) electrons. The summed E-state index contributed by atoms with van der Waals surface area (Å²) in [6.45, 7) is 2.87. The first-order valence-corrected chi connectivity index (χ1v) is 6.77. The normalized spacial score (nSPS) is 12.8. The number of nitrogens with two attached hydrogens (primary N) is 1. The number of amides is 2. The molecule has 7 nitrogen and oxygen atoms in total. The Labute approximate surface area is 110 Å². The molecule has 0 heterocycles. The molecule has 1 aromatic carbocycles. The minimum Gasteiger partial charge on any atom is -0.368 e. The largest absolute Gasteiger partial charge is 0.368 e. The number of aryl methyl sites for hydroxylation is 1. The molecule has 0 spiro atoms. The highest BCUT2D eigenvalue weighted by atomic mass is 32.2. The van der Waals surface area contributed by atoms with Crippen LogP contribution < -0.4 is 11.1 Å². The molecule has 0 aliphatic heterocycles. The van der Waals surface area contributed by atoms with Crippen LogP contribution in [0.15, 0.2) is 18.2 Å². The predicted molar refractivity (Wildman–Crippen MR) is 69.0 cm³/mol. The zero-order valence-electron chi connectivity index (χ0n) is 10.4. The highest BCUT2D eigenvalue weighted by Gasteiger charge is 2.32. The lowest BCUT2D eigenvalue weighted by atomic mass is 10.0. The molecule has 0 aromatic heterocycles. The summed E-state index contributed by atoms with van der Waals surface area (Å²) in [6.07, 6.45) is 0. The lowest BCUT2D eigenvalue weighted by molar-refractivity contribution is -0.118. The summed E-state index contributed by atoms with van der Waals surface area (Å²) >= 11 is 0. The van der Waals surface area contributed by atoms with Gasteiger partial charge in [-0.25, -0.2) is 0 Å². The van der Waals surface area contributed by atoms with Crippen LogP contribution in [0.1, 0.15) is 23.3 Å². The second-order valence-corrected chi connectivity index (χ2v) is 5.55. The van der Waals surface area contributed by atoms with Gasteiger partial charge in [-0.3, -0.25) is 14.1 Å². The number of hydrogen-bond acceptors (Lipinski definition) is 4. The van der Waals surface area contributed by atoms with Crippen LogP contribution in [0.25, 0.3) is 0 Å². The number of rotatable bonds is 4. The van der Waals surface area contributed by atoms with Crippen molar-refractivity contribution < 1.29 is 22.6 Å². The molecule has 104 valence electrons. The molecule has 1 atom stereocenters. The second kappa shape index (κ2) is 5.37. The van der Waals surface area contributed by atoms with Crippen LogP contribution in [0.2, 0.25) is 0 Å². The Hall–Kier alpha value is -1.93. The van der Waals surface area contributed by atoms with Gasteiger partial charge in [0.1, 0.15) is 0 Å². The third-order valence-electron chi connectivity index (χ3n) is 2.43.